The van der Waals surface area contributed by atoms with Gasteiger partial charge in [0.15, 0.2) is 0 Å². The zero-order valence-electron chi connectivity index (χ0n) is 18.2. The van der Waals surface area contributed by atoms with Crippen LogP contribution >= 0.6 is 22.9 Å². The largest absolute Gasteiger partial charge is 0.466 e. The van der Waals surface area contributed by atoms with Gasteiger partial charge in [-0.1, -0.05) is 23.7 Å². The average Bonchev–Trinajstić information content (AvgIpc) is 3.18. The molecule has 0 amide bonds. The molecule has 0 saturated carbocycles. The third kappa shape index (κ3) is 4.29. The van der Waals surface area contributed by atoms with Gasteiger partial charge >= 0.3 is 5.97 Å². The Morgan fingerprint density at radius 1 is 1.16 bits per heavy atom. The minimum atomic E-state index is -0.245. The maximum atomic E-state index is 12.4. The standard InChI is InChI=1S/C25H24ClN3O2S/c1-4-31-22(30)13-18-14(2)11-21-24(23(18)15-5-8-17(26)9-6-15)32-25(29-21)16-7-10-20(28-3)19(27)12-16/h5-12,28H,4,13,27H2,1-3H3. The molecular weight excluding hydrogens is 442 g/mol. The zero-order valence-corrected chi connectivity index (χ0v) is 19.7. The van der Waals surface area contributed by atoms with Gasteiger partial charge in [-0.25, -0.2) is 4.98 Å². The Bertz CT molecular complexity index is 1300. The molecular formula is C25H24ClN3O2S. The molecule has 0 aliphatic carbocycles. The number of nitrogens with zero attached hydrogens (tertiary/aromatic N) is 1. The Balaban J connectivity index is 1.93. The van der Waals surface area contributed by atoms with Crippen molar-refractivity contribution < 1.29 is 9.53 Å². The van der Waals surface area contributed by atoms with Crippen LogP contribution in [0.1, 0.15) is 18.1 Å². The molecule has 5 nitrogen and oxygen atoms in total. The van der Waals surface area contributed by atoms with E-state index in [1.165, 1.54) is 0 Å². The van der Waals surface area contributed by atoms with Crippen molar-refractivity contribution in [2.24, 2.45) is 0 Å². The lowest BCUT2D eigenvalue weighted by atomic mass is 9.93. The summed E-state index contributed by atoms with van der Waals surface area (Å²) in [4.78, 5) is 17.3. The van der Waals surface area contributed by atoms with E-state index >= 15 is 0 Å². The van der Waals surface area contributed by atoms with Gasteiger partial charge in [0.2, 0.25) is 0 Å². The Kier molecular flexibility index (Phi) is 6.35. The topological polar surface area (TPSA) is 77.2 Å². The number of rotatable bonds is 6. The van der Waals surface area contributed by atoms with Crippen LogP contribution in [0.25, 0.3) is 31.9 Å². The second-order valence-electron chi connectivity index (χ2n) is 7.46. The van der Waals surface area contributed by atoms with Crippen molar-refractivity contribution in [1.29, 1.82) is 0 Å². The van der Waals surface area contributed by atoms with Crippen molar-refractivity contribution >= 4 is 50.5 Å². The molecule has 0 aliphatic heterocycles. The molecule has 0 unspecified atom stereocenters. The number of esters is 1. The Morgan fingerprint density at radius 2 is 1.88 bits per heavy atom. The highest BCUT2D eigenvalue weighted by Gasteiger charge is 2.20. The van der Waals surface area contributed by atoms with Gasteiger partial charge in [0.25, 0.3) is 0 Å². The number of nitrogens with two attached hydrogens (primary N) is 1. The Labute approximate surface area is 196 Å². The molecule has 0 bridgehead atoms. The number of nitrogens with one attached hydrogen (secondary N) is 1. The highest BCUT2D eigenvalue weighted by atomic mass is 35.5. The predicted octanol–water partition coefficient (Wildman–Crippen LogP) is 6.32. The summed E-state index contributed by atoms with van der Waals surface area (Å²) in [5, 5.41) is 4.62. The minimum Gasteiger partial charge on any atom is -0.466 e. The maximum absolute atomic E-state index is 12.4. The fraction of sp³-hybridized carbons (Fsp3) is 0.200. The summed E-state index contributed by atoms with van der Waals surface area (Å²) in [6.07, 6.45) is 0.199. The number of aryl methyl sites for hydroxylation is 1. The number of nitrogen functional groups attached to an aromatic ring is 1. The molecule has 3 aromatic carbocycles. The molecule has 3 N–H and O–H groups in total. The molecule has 4 aromatic rings. The van der Waals surface area contributed by atoms with E-state index < -0.39 is 0 Å². The van der Waals surface area contributed by atoms with Crippen molar-refractivity contribution in [3.63, 3.8) is 0 Å². The summed E-state index contributed by atoms with van der Waals surface area (Å²) >= 11 is 7.73. The van der Waals surface area contributed by atoms with Gasteiger partial charge in [0.05, 0.1) is 34.6 Å². The number of carbonyl (C=O) groups excluding carboxylic acids is 1. The number of anilines is 2. The first-order valence-electron chi connectivity index (χ1n) is 10.3. The first kappa shape index (κ1) is 22.1. The Hall–Kier alpha value is -3.09. The van der Waals surface area contributed by atoms with Crippen LogP contribution in [0.15, 0.2) is 48.5 Å². The van der Waals surface area contributed by atoms with Crippen LogP contribution in [-0.4, -0.2) is 24.6 Å². The van der Waals surface area contributed by atoms with Crippen LogP contribution in [0.2, 0.25) is 5.02 Å². The molecule has 1 aromatic heterocycles. The van der Waals surface area contributed by atoms with E-state index in [4.69, 9.17) is 27.1 Å². The lowest BCUT2D eigenvalue weighted by Crippen LogP contribution is -2.09. The number of halogens is 1. The van der Waals surface area contributed by atoms with E-state index in [0.717, 1.165) is 48.7 Å². The summed E-state index contributed by atoms with van der Waals surface area (Å²) < 4.78 is 6.26. The quantitative estimate of drug-likeness (QED) is 0.257. The molecule has 0 saturated heterocycles. The van der Waals surface area contributed by atoms with Crippen LogP contribution in [0.5, 0.6) is 0 Å². The first-order chi connectivity index (χ1) is 15.4. The number of aromatic nitrogens is 1. The van der Waals surface area contributed by atoms with Crippen molar-refractivity contribution in [2.75, 3.05) is 24.7 Å². The van der Waals surface area contributed by atoms with Gasteiger partial charge in [-0.05, 0) is 66.9 Å². The molecule has 164 valence electrons. The van der Waals surface area contributed by atoms with Gasteiger partial charge in [-0.2, -0.15) is 0 Å². The first-order valence-corrected chi connectivity index (χ1v) is 11.5. The summed E-state index contributed by atoms with van der Waals surface area (Å²) in [6.45, 7) is 4.17. The number of ether oxygens (including phenoxy) is 1. The summed E-state index contributed by atoms with van der Waals surface area (Å²) in [6, 6.07) is 15.6. The molecule has 32 heavy (non-hydrogen) atoms. The van der Waals surface area contributed by atoms with Crippen LogP contribution < -0.4 is 11.1 Å². The number of fused-ring (bicyclic) bond motifs is 1. The summed E-state index contributed by atoms with van der Waals surface area (Å²) in [5.74, 6) is -0.245. The molecule has 1 heterocycles. The summed E-state index contributed by atoms with van der Waals surface area (Å²) in [7, 11) is 1.84. The van der Waals surface area contributed by atoms with Gasteiger partial charge in [0.1, 0.15) is 5.01 Å². The van der Waals surface area contributed by atoms with Gasteiger partial charge in [-0.3, -0.25) is 4.79 Å². The fourth-order valence-corrected chi connectivity index (χ4v) is 5.05. The lowest BCUT2D eigenvalue weighted by molar-refractivity contribution is -0.142. The number of hydrogen-bond donors (Lipinski definition) is 2. The molecule has 0 fully saturated rings. The van der Waals surface area contributed by atoms with Crippen molar-refractivity contribution in [2.45, 2.75) is 20.3 Å². The molecule has 0 atom stereocenters. The average molecular weight is 466 g/mol. The highest BCUT2D eigenvalue weighted by Crippen LogP contribution is 2.41. The second-order valence-corrected chi connectivity index (χ2v) is 8.89. The van der Waals surface area contributed by atoms with Crippen LogP contribution in [0, 0.1) is 6.92 Å². The predicted molar refractivity (Wildman–Crippen MR) is 135 cm³/mol. The normalized spacial score (nSPS) is 11.0. The van der Waals surface area contributed by atoms with Crippen LogP contribution in [-0.2, 0) is 16.0 Å². The maximum Gasteiger partial charge on any atom is 0.310 e. The van der Waals surface area contributed by atoms with Crippen molar-refractivity contribution in [1.82, 2.24) is 4.98 Å². The van der Waals surface area contributed by atoms with E-state index in [9.17, 15) is 4.79 Å². The van der Waals surface area contributed by atoms with Crippen LogP contribution in [0.4, 0.5) is 11.4 Å². The van der Waals surface area contributed by atoms with E-state index in [1.54, 1.807) is 11.3 Å². The molecule has 0 spiro atoms. The number of hydrogen-bond acceptors (Lipinski definition) is 6. The van der Waals surface area contributed by atoms with Crippen LogP contribution in [0.3, 0.4) is 0 Å². The van der Waals surface area contributed by atoms with E-state index in [0.29, 0.717) is 17.3 Å². The van der Waals surface area contributed by atoms with Crippen molar-refractivity contribution in [3.8, 4) is 21.7 Å². The molecule has 0 aliphatic rings. The van der Waals surface area contributed by atoms with Gasteiger partial charge in [0, 0.05) is 23.2 Å². The van der Waals surface area contributed by atoms with E-state index in [-0.39, 0.29) is 12.4 Å². The van der Waals surface area contributed by atoms with Gasteiger partial charge < -0.3 is 15.8 Å². The van der Waals surface area contributed by atoms with E-state index in [2.05, 4.69) is 5.32 Å². The molecule has 0 radical (unpaired) electrons. The molecule has 7 heteroatoms. The number of benzene rings is 3. The monoisotopic (exact) mass is 465 g/mol. The number of thiazole rings is 1. The molecule has 4 rings (SSSR count). The Morgan fingerprint density at radius 3 is 2.53 bits per heavy atom. The van der Waals surface area contributed by atoms with Gasteiger partial charge in [-0.15, -0.1) is 11.3 Å². The smallest absolute Gasteiger partial charge is 0.310 e. The lowest BCUT2D eigenvalue weighted by Gasteiger charge is -2.14. The zero-order chi connectivity index (χ0) is 22.8. The SMILES string of the molecule is CCOC(=O)Cc1c(C)cc2nc(-c3ccc(NC)c(N)c3)sc2c1-c1ccc(Cl)cc1. The fourth-order valence-electron chi connectivity index (χ4n) is 3.79. The second kappa shape index (κ2) is 9.18. The van der Waals surface area contributed by atoms with Crippen molar-refractivity contribution in [3.05, 3.63) is 64.7 Å². The highest BCUT2D eigenvalue weighted by molar-refractivity contribution is 7.22. The number of carbonyl (C=O) groups is 1. The van der Waals surface area contributed by atoms with E-state index in [1.807, 2.05) is 69.4 Å². The summed E-state index contributed by atoms with van der Waals surface area (Å²) in [5.41, 5.74) is 13.5. The third-order valence-corrected chi connectivity index (χ3v) is 6.73. The third-order valence-electron chi connectivity index (χ3n) is 5.34. The minimum absolute atomic E-state index is 0.199.